The summed E-state index contributed by atoms with van der Waals surface area (Å²) >= 11 is 0. The van der Waals surface area contributed by atoms with E-state index in [2.05, 4.69) is 5.32 Å². The van der Waals surface area contributed by atoms with Crippen LogP contribution in [-0.4, -0.2) is 25.3 Å². The molecule has 5 heteroatoms. The Morgan fingerprint density at radius 3 is 2.94 bits per heavy atom. The van der Waals surface area contributed by atoms with Crippen molar-refractivity contribution in [1.82, 2.24) is 5.32 Å². The molecule has 1 aromatic rings. The van der Waals surface area contributed by atoms with Gasteiger partial charge in [-0.15, -0.1) is 0 Å². The van der Waals surface area contributed by atoms with Crippen molar-refractivity contribution >= 4 is 5.97 Å². The molecule has 0 fully saturated rings. The molecule has 0 saturated heterocycles. The van der Waals surface area contributed by atoms with Crippen molar-refractivity contribution in [3.05, 3.63) is 23.8 Å². The molecular weight excluding hydrogens is 234 g/mol. The quantitative estimate of drug-likeness (QED) is 0.803. The van der Waals surface area contributed by atoms with Gasteiger partial charge < -0.3 is 19.5 Å². The standard InChI is InChI=1S/C13H17NO4/c1-9(2)14-6-13(15)16-7-10-3-4-11-12(5-10)18-8-17-11/h3-5,9,14H,6-8H2,1-2H3. The average Bonchev–Trinajstić information content (AvgIpc) is 2.81. The third kappa shape index (κ3) is 3.37. The van der Waals surface area contributed by atoms with Gasteiger partial charge in [0.2, 0.25) is 6.79 Å². The van der Waals surface area contributed by atoms with Crippen molar-refractivity contribution in [2.45, 2.75) is 26.5 Å². The first-order valence-corrected chi connectivity index (χ1v) is 5.92. The number of benzene rings is 1. The third-order valence-electron chi connectivity index (χ3n) is 2.49. The minimum atomic E-state index is -0.263. The number of carbonyl (C=O) groups excluding carboxylic acids is 1. The maximum Gasteiger partial charge on any atom is 0.320 e. The molecule has 1 aliphatic rings. The molecule has 5 nitrogen and oxygen atoms in total. The number of nitrogens with one attached hydrogen (secondary N) is 1. The number of carbonyl (C=O) groups is 1. The zero-order chi connectivity index (χ0) is 13.0. The average molecular weight is 251 g/mol. The van der Waals surface area contributed by atoms with Crippen molar-refractivity contribution in [1.29, 1.82) is 0 Å². The Morgan fingerprint density at radius 2 is 2.17 bits per heavy atom. The van der Waals surface area contributed by atoms with Crippen LogP contribution in [0.2, 0.25) is 0 Å². The number of hydrogen-bond donors (Lipinski definition) is 1. The van der Waals surface area contributed by atoms with E-state index in [9.17, 15) is 4.79 Å². The zero-order valence-electron chi connectivity index (χ0n) is 10.6. The molecule has 0 atom stereocenters. The van der Waals surface area contributed by atoms with E-state index in [1.54, 1.807) is 0 Å². The van der Waals surface area contributed by atoms with E-state index in [1.807, 2.05) is 32.0 Å². The van der Waals surface area contributed by atoms with E-state index >= 15 is 0 Å². The fourth-order valence-electron chi connectivity index (χ4n) is 1.53. The van der Waals surface area contributed by atoms with Gasteiger partial charge in [-0.05, 0) is 17.7 Å². The zero-order valence-corrected chi connectivity index (χ0v) is 10.6. The minimum absolute atomic E-state index is 0.224. The maximum atomic E-state index is 11.4. The Bertz CT molecular complexity index is 431. The van der Waals surface area contributed by atoms with Crippen molar-refractivity contribution < 1.29 is 19.0 Å². The number of hydrogen-bond acceptors (Lipinski definition) is 5. The minimum Gasteiger partial charge on any atom is -0.460 e. The molecule has 1 N–H and O–H groups in total. The second-order valence-electron chi connectivity index (χ2n) is 4.38. The van der Waals surface area contributed by atoms with E-state index in [1.165, 1.54) is 0 Å². The van der Waals surface area contributed by atoms with E-state index < -0.39 is 0 Å². The van der Waals surface area contributed by atoms with E-state index in [4.69, 9.17) is 14.2 Å². The van der Waals surface area contributed by atoms with Gasteiger partial charge in [-0.3, -0.25) is 4.79 Å². The predicted octanol–water partition coefficient (Wildman–Crippen LogP) is 1.46. The van der Waals surface area contributed by atoms with Crippen LogP contribution in [0.3, 0.4) is 0 Å². The molecule has 0 aromatic heterocycles. The molecule has 1 aliphatic heterocycles. The lowest BCUT2D eigenvalue weighted by Crippen LogP contribution is -2.30. The Balaban J connectivity index is 1.81. The van der Waals surface area contributed by atoms with Crippen LogP contribution in [-0.2, 0) is 16.1 Å². The van der Waals surface area contributed by atoms with Gasteiger partial charge in [0.1, 0.15) is 6.61 Å². The summed E-state index contributed by atoms with van der Waals surface area (Å²) in [6, 6.07) is 5.77. The highest BCUT2D eigenvalue weighted by molar-refractivity contribution is 5.71. The monoisotopic (exact) mass is 251 g/mol. The summed E-state index contributed by atoms with van der Waals surface area (Å²) in [6.07, 6.45) is 0. The van der Waals surface area contributed by atoms with Crippen LogP contribution in [0.5, 0.6) is 11.5 Å². The van der Waals surface area contributed by atoms with Crippen LogP contribution in [0.1, 0.15) is 19.4 Å². The van der Waals surface area contributed by atoms with Crippen molar-refractivity contribution in [3.8, 4) is 11.5 Å². The first-order chi connectivity index (χ1) is 8.65. The molecule has 0 bridgehead atoms. The van der Waals surface area contributed by atoms with Crippen molar-refractivity contribution in [3.63, 3.8) is 0 Å². The van der Waals surface area contributed by atoms with Gasteiger partial charge in [-0.2, -0.15) is 0 Å². The van der Waals surface area contributed by atoms with Crippen LogP contribution >= 0.6 is 0 Å². The molecular formula is C13H17NO4. The molecule has 0 spiro atoms. The molecule has 1 heterocycles. The molecule has 18 heavy (non-hydrogen) atoms. The molecule has 98 valence electrons. The van der Waals surface area contributed by atoms with Gasteiger partial charge in [0, 0.05) is 6.04 Å². The van der Waals surface area contributed by atoms with Gasteiger partial charge in [0.25, 0.3) is 0 Å². The topological polar surface area (TPSA) is 56.8 Å². The lowest BCUT2D eigenvalue weighted by Gasteiger charge is -2.08. The summed E-state index contributed by atoms with van der Waals surface area (Å²) in [7, 11) is 0. The molecule has 0 unspecified atom stereocenters. The van der Waals surface area contributed by atoms with E-state index in [-0.39, 0.29) is 32.0 Å². The molecule has 0 amide bonds. The second-order valence-corrected chi connectivity index (χ2v) is 4.38. The summed E-state index contributed by atoms with van der Waals surface area (Å²) in [5.74, 6) is 1.16. The molecule has 0 aliphatic carbocycles. The number of fused-ring (bicyclic) bond motifs is 1. The summed E-state index contributed by atoms with van der Waals surface area (Å²) in [4.78, 5) is 11.4. The molecule has 0 saturated carbocycles. The normalized spacial score (nSPS) is 12.8. The number of rotatable bonds is 5. The van der Waals surface area contributed by atoms with Gasteiger partial charge >= 0.3 is 5.97 Å². The first kappa shape index (κ1) is 12.7. The lowest BCUT2D eigenvalue weighted by molar-refractivity contribution is -0.143. The summed E-state index contributed by atoms with van der Waals surface area (Å²) < 4.78 is 15.6. The smallest absolute Gasteiger partial charge is 0.320 e. The predicted molar refractivity (Wildman–Crippen MR) is 65.5 cm³/mol. The Kier molecular flexibility index (Phi) is 4.04. The highest BCUT2D eigenvalue weighted by Gasteiger charge is 2.13. The largest absolute Gasteiger partial charge is 0.460 e. The van der Waals surface area contributed by atoms with Crippen LogP contribution in [0, 0.1) is 0 Å². The Hall–Kier alpha value is -1.75. The Labute approximate surface area is 106 Å². The molecule has 2 rings (SSSR count). The molecule has 0 radical (unpaired) electrons. The Morgan fingerprint density at radius 1 is 1.39 bits per heavy atom. The summed E-state index contributed by atoms with van der Waals surface area (Å²) in [6.45, 7) is 4.67. The number of ether oxygens (including phenoxy) is 3. The summed E-state index contributed by atoms with van der Waals surface area (Å²) in [5, 5.41) is 3.00. The lowest BCUT2D eigenvalue weighted by atomic mass is 10.2. The maximum absolute atomic E-state index is 11.4. The third-order valence-corrected chi connectivity index (χ3v) is 2.49. The first-order valence-electron chi connectivity index (χ1n) is 5.92. The van der Waals surface area contributed by atoms with Gasteiger partial charge in [0.15, 0.2) is 11.5 Å². The van der Waals surface area contributed by atoms with Gasteiger partial charge in [-0.25, -0.2) is 0 Å². The van der Waals surface area contributed by atoms with Crippen molar-refractivity contribution in [2.24, 2.45) is 0 Å². The van der Waals surface area contributed by atoms with Crippen LogP contribution < -0.4 is 14.8 Å². The fourth-order valence-corrected chi connectivity index (χ4v) is 1.53. The summed E-state index contributed by atoms with van der Waals surface area (Å²) in [5.41, 5.74) is 0.886. The van der Waals surface area contributed by atoms with E-state index in [0.717, 1.165) is 11.3 Å². The highest BCUT2D eigenvalue weighted by atomic mass is 16.7. The van der Waals surface area contributed by atoms with Crippen LogP contribution in [0.4, 0.5) is 0 Å². The molecule has 1 aromatic carbocycles. The van der Waals surface area contributed by atoms with Gasteiger partial charge in [-0.1, -0.05) is 19.9 Å². The van der Waals surface area contributed by atoms with E-state index in [0.29, 0.717) is 5.75 Å². The number of esters is 1. The highest BCUT2D eigenvalue weighted by Crippen LogP contribution is 2.32. The second kappa shape index (κ2) is 5.73. The SMILES string of the molecule is CC(C)NCC(=O)OCc1ccc2c(c1)OCO2. The van der Waals surface area contributed by atoms with Gasteiger partial charge in [0.05, 0.1) is 6.54 Å². The van der Waals surface area contributed by atoms with Crippen LogP contribution in [0.15, 0.2) is 18.2 Å². The van der Waals surface area contributed by atoms with Crippen molar-refractivity contribution in [2.75, 3.05) is 13.3 Å². The van der Waals surface area contributed by atoms with Crippen LogP contribution in [0.25, 0.3) is 0 Å². The fraction of sp³-hybridized carbons (Fsp3) is 0.462.